The van der Waals surface area contributed by atoms with E-state index in [1.165, 1.54) is 10.9 Å². The highest BCUT2D eigenvalue weighted by atomic mass is 32.2. The number of amides is 1. The lowest BCUT2D eigenvalue weighted by Crippen LogP contribution is -2.12. The first kappa shape index (κ1) is 18.0. The molecule has 0 aliphatic rings. The summed E-state index contributed by atoms with van der Waals surface area (Å²) in [4.78, 5) is 15.3. The maximum absolute atomic E-state index is 12.1. The van der Waals surface area contributed by atoms with E-state index in [0.717, 1.165) is 24.6 Å². The number of hydrogen-bond acceptors (Lipinski definition) is 3. The smallest absolute Gasteiger partial charge is 0.229 e. The molecule has 1 heterocycles. The number of fused-ring (bicyclic) bond motifs is 1. The van der Waals surface area contributed by atoms with Gasteiger partial charge in [-0.05, 0) is 48.7 Å². The molecule has 0 atom stereocenters. The van der Waals surface area contributed by atoms with Gasteiger partial charge in [0, 0.05) is 34.9 Å². The van der Waals surface area contributed by atoms with Gasteiger partial charge in [0.1, 0.15) is 0 Å². The summed E-state index contributed by atoms with van der Waals surface area (Å²) in [5.41, 5.74) is 3.42. The molecule has 0 unspecified atom stereocenters. The fraction of sp³-hybridized carbons (Fsp3) is 0.211. The Balaban J connectivity index is 1.49. The second kappa shape index (κ2) is 7.61. The van der Waals surface area contributed by atoms with Crippen molar-refractivity contribution in [1.82, 2.24) is 4.98 Å². The minimum absolute atomic E-state index is 0.0614. The monoisotopic (exact) mass is 371 g/mol. The average molecular weight is 371 g/mol. The summed E-state index contributed by atoms with van der Waals surface area (Å²) in [6.07, 6.45) is 5.09. The Bertz CT molecular complexity index is 1010. The molecular weight excluding hydrogens is 350 g/mol. The molecule has 0 fully saturated rings. The molecule has 3 aromatic rings. The van der Waals surface area contributed by atoms with Gasteiger partial charge in [-0.1, -0.05) is 18.2 Å². The van der Waals surface area contributed by atoms with Crippen LogP contribution in [0.2, 0.25) is 0 Å². The Kier molecular flexibility index (Phi) is 5.27. The number of sulfonamides is 1. The molecule has 0 bridgehead atoms. The van der Waals surface area contributed by atoms with Crippen molar-refractivity contribution in [1.29, 1.82) is 0 Å². The van der Waals surface area contributed by atoms with Gasteiger partial charge in [-0.15, -0.1) is 0 Å². The third kappa shape index (κ3) is 4.86. The molecule has 7 heteroatoms. The van der Waals surface area contributed by atoms with E-state index in [1.54, 1.807) is 24.3 Å². The molecule has 0 saturated heterocycles. The maximum atomic E-state index is 12.1. The molecular formula is C19H21N3O3S. The van der Waals surface area contributed by atoms with Gasteiger partial charge in [-0.25, -0.2) is 8.42 Å². The van der Waals surface area contributed by atoms with Gasteiger partial charge < -0.3 is 10.3 Å². The molecule has 0 aliphatic carbocycles. The summed E-state index contributed by atoms with van der Waals surface area (Å²) in [6.45, 7) is 0. The highest BCUT2D eigenvalue weighted by Crippen LogP contribution is 2.20. The first-order valence-corrected chi connectivity index (χ1v) is 10.2. The van der Waals surface area contributed by atoms with Gasteiger partial charge >= 0.3 is 0 Å². The summed E-state index contributed by atoms with van der Waals surface area (Å²) in [7, 11) is -3.30. The second-order valence-electron chi connectivity index (χ2n) is 6.21. The molecule has 0 aliphatic heterocycles. The van der Waals surface area contributed by atoms with E-state index < -0.39 is 10.0 Å². The van der Waals surface area contributed by atoms with Crippen LogP contribution in [0.15, 0.2) is 54.7 Å². The van der Waals surface area contributed by atoms with E-state index in [0.29, 0.717) is 17.8 Å². The number of aromatic nitrogens is 1. The Hall–Kier alpha value is -2.80. The molecule has 0 radical (unpaired) electrons. The SMILES string of the molecule is CS(=O)(=O)Nc1ccc(NC(=O)CCCc2c[nH]c3ccccc23)cc1. The number of benzene rings is 2. The largest absolute Gasteiger partial charge is 0.361 e. The zero-order valence-electron chi connectivity index (χ0n) is 14.5. The highest BCUT2D eigenvalue weighted by Gasteiger charge is 2.07. The van der Waals surface area contributed by atoms with Gasteiger partial charge in [0.2, 0.25) is 15.9 Å². The van der Waals surface area contributed by atoms with E-state index in [4.69, 9.17) is 0 Å². The summed E-state index contributed by atoms with van der Waals surface area (Å²) in [5, 5.41) is 4.02. The van der Waals surface area contributed by atoms with Crippen molar-refractivity contribution in [3.8, 4) is 0 Å². The molecule has 1 amide bonds. The lowest BCUT2D eigenvalue weighted by molar-refractivity contribution is -0.116. The van der Waals surface area contributed by atoms with Gasteiger partial charge in [0.15, 0.2) is 0 Å². The van der Waals surface area contributed by atoms with Crippen LogP contribution >= 0.6 is 0 Å². The Morgan fingerprint density at radius 2 is 1.73 bits per heavy atom. The number of nitrogens with one attached hydrogen (secondary N) is 3. The highest BCUT2D eigenvalue weighted by molar-refractivity contribution is 7.92. The molecule has 136 valence electrons. The van der Waals surface area contributed by atoms with Crippen molar-refractivity contribution in [3.05, 3.63) is 60.3 Å². The number of carbonyl (C=O) groups excluding carboxylic acids is 1. The van der Waals surface area contributed by atoms with Crippen molar-refractivity contribution in [3.63, 3.8) is 0 Å². The zero-order chi connectivity index (χ0) is 18.6. The third-order valence-electron chi connectivity index (χ3n) is 4.00. The van der Waals surface area contributed by atoms with E-state index >= 15 is 0 Å². The number of hydrogen-bond donors (Lipinski definition) is 3. The van der Waals surface area contributed by atoms with Crippen LogP contribution in [-0.2, 0) is 21.2 Å². The van der Waals surface area contributed by atoms with Crippen molar-refractivity contribution >= 4 is 38.2 Å². The summed E-state index contributed by atoms with van der Waals surface area (Å²) in [6, 6.07) is 14.7. The number of carbonyl (C=O) groups is 1. The van der Waals surface area contributed by atoms with Gasteiger partial charge in [0.25, 0.3) is 0 Å². The number of rotatable bonds is 7. The van der Waals surface area contributed by atoms with Gasteiger partial charge in [0.05, 0.1) is 6.26 Å². The van der Waals surface area contributed by atoms with Crippen LogP contribution in [0.1, 0.15) is 18.4 Å². The van der Waals surface area contributed by atoms with Gasteiger partial charge in [-0.2, -0.15) is 0 Å². The minimum atomic E-state index is -3.30. The van der Waals surface area contributed by atoms with Gasteiger partial charge in [-0.3, -0.25) is 9.52 Å². The molecule has 3 N–H and O–H groups in total. The number of anilines is 2. The minimum Gasteiger partial charge on any atom is -0.361 e. The predicted octanol–water partition coefficient (Wildman–Crippen LogP) is 3.50. The molecule has 1 aromatic heterocycles. The molecule has 6 nitrogen and oxygen atoms in total. The zero-order valence-corrected chi connectivity index (χ0v) is 15.3. The fourth-order valence-electron chi connectivity index (χ4n) is 2.84. The first-order chi connectivity index (χ1) is 12.4. The topological polar surface area (TPSA) is 91.1 Å². The van der Waals surface area contributed by atoms with Crippen molar-refractivity contribution < 1.29 is 13.2 Å². The van der Waals surface area contributed by atoms with Crippen LogP contribution in [0.3, 0.4) is 0 Å². The molecule has 26 heavy (non-hydrogen) atoms. The van der Waals surface area contributed by atoms with Crippen molar-refractivity contribution in [2.24, 2.45) is 0 Å². The number of aromatic amines is 1. The van der Waals surface area contributed by atoms with E-state index in [1.807, 2.05) is 24.4 Å². The number of aryl methyl sites for hydroxylation is 1. The lowest BCUT2D eigenvalue weighted by Gasteiger charge is -2.07. The molecule has 0 spiro atoms. The summed E-state index contributed by atoms with van der Waals surface area (Å²) in [5.74, 6) is -0.0614. The standard InChI is InChI=1S/C19H21N3O3S/c1-26(24,25)22-16-11-9-15(10-12-16)21-19(23)8-4-5-14-13-20-18-7-3-2-6-17(14)18/h2-3,6-7,9-13,20,22H,4-5,8H2,1H3,(H,21,23). The Labute approximate surface area is 152 Å². The maximum Gasteiger partial charge on any atom is 0.229 e. The first-order valence-electron chi connectivity index (χ1n) is 8.33. The normalized spacial score (nSPS) is 11.4. The molecule has 0 saturated carbocycles. The van der Waals surface area contributed by atoms with Crippen LogP contribution in [0.25, 0.3) is 10.9 Å². The Morgan fingerprint density at radius 1 is 1.04 bits per heavy atom. The second-order valence-corrected chi connectivity index (χ2v) is 7.96. The van der Waals surface area contributed by atoms with Crippen LogP contribution in [-0.4, -0.2) is 25.6 Å². The van der Waals surface area contributed by atoms with E-state index in [2.05, 4.69) is 21.1 Å². The summed E-state index contributed by atoms with van der Waals surface area (Å²) >= 11 is 0. The number of H-pyrrole nitrogens is 1. The van der Waals surface area contributed by atoms with E-state index in [-0.39, 0.29) is 5.91 Å². The lowest BCUT2D eigenvalue weighted by atomic mass is 10.1. The average Bonchev–Trinajstić information content (AvgIpc) is 2.99. The number of para-hydroxylation sites is 1. The molecule has 3 rings (SSSR count). The molecule has 2 aromatic carbocycles. The van der Waals surface area contributed by atoms with Crippen LogP contribution in [0, 0.1) is 0 Å². The van der Waals surface area contributed by atoms with Crippen LogP contribution < -0.4 is 10.0 Å². The summed E-state index contributed by atoms with van der Waals surface area (Å²) < 4.78 is 24.7. The van der Waals surface area contributed by atoms with Crippen LogP contribution in [0.4, 0.5) is 11.4 Å². The van der Waals surface area contributed by atoms with E-state index in [9.17, 15) is 13.2 Å². The van der Waals surface area contributed by atoms with Crippen molar-refractivity contribution in [2.45, 2.75) is 19.3 Å². The Morgan fingerprint density at radius 3 is 2.46 bits per heavy atom. The van der Waals surface area contributed by atoms with Crippen molar-refractivity contribution in [2.75, 3.05) is 16.3 Å². The quantitative estimate of drug-likeness (QED) is 0.594. The fourth-order valence-corrected chi connectivity index (χ4v) is 3.40. The third-order valence-corrected chi connectivity index (χ3v) is 4.60. The van der Waals surface area contributed by atoms with Crippen LogP contribution in [0.5, 0.6) is 0 Å². The predicted molar refractivity (Wildman–Crippen MR) is 105 cm³/mol.